The summed E-state index contributed by atoms with van der Waals surface area (Å²) in [5.41, 5.74) is 2.96. The molecule has 2 atom stereocenters. The summed E-state index contributed by atoms with van der Waals surface area (Å²) < 4.78 is 5.69. The molecule has 4 rings (SSSR count). The molecule has 2 N–H and O–H groups in total. The van der Waals surface area contributed by atoms with Gasteiger partial charge in [-0.15, -0.1) is 0 Å². The average Bonchev–Trinajstić information content (AvgIpc) is 2.69. The number of carbonyl (C=O) groups excluding carboxylic acids is 2. The lowest BCUT2D eigenvalue weighted by atomic mass is 9.73. The van der Waals surface area contributed by atoms with Crippen molar-refractivity contribution in [2.45, 2.75) is 31.1 Å². The molecule has 5 nitrogen and oxygen atoms in total. The Kier molecular flexibility index (Phi) is 5.40. The second-order valence-corrected chi connectivity index (χ2v) is 8.56. The monoisotopic (exact) mass is 475 g/mol. The Balaban J connectivity index is 1.76. The maximum atomic E-state index is 13.2. The molecule has 0 saturated heterocycles. The molecule has 1 aliphatic heterocycles. The number of phenols is 1. The third-order valence-corrected chi connectivity index (χ3v) is 6.50. The van der Waals surface area contributed by atoms with E-state index in [2.05, 4.69) is 21.2 Å². The summed E-state index contributed by atoms with van der Waals surface area (Å²) in [6, 6.07) is 10.9. The molecular weight excluding hydrogens is 458 g/mol. The lowest BCUT2D eigenvalue weighted by Crippen LogP contribution is -2.38. The van der Waals surface area contributed by atoms with E-state index in [1.807, 2.05) is 24.3 Å². The summed E-state index contributed by atoms with van der Waals surface area (Å²) in [6.07, 6.45) is 1.05. The second-order valence-electron chi connectivity index (χ2n) is 7.30. The van der Waals surface area contributed by atoms with E-state index in [9.17, 15) is 14.7 Å². The number of phenolic OH excluding ortho intramolecular Hbond substituents is 1. The maximum absolute atomic E-state index is 13.2. The molecule has 150 valence electrons. The highest BCUT2D eigenvalue weighted by atomic mass is 79.9. The molecule has 1 aliphatic carbocycles. The number of rotatable bonds is 3. The average molecular weight is 477 g/mol. The standard InChI is InChI=1S/C22H19BrClNO4/c1-29-19-9-11(6-15(23)22(19)28)14-10-20(27)25-17-7-12(8-18(26)21(14)17)13-4-2-3-5-16(13)24/h2-6,9,12,14,28H,7-8,10H2,1H3,(H,25,27)/t12-,14+/m0/s1. The van der Waals surface area contributed by atoms with Crippen LogP contribution in [-0.4, -0.2) is 23.9 Å². The summed E-state index contributed by atoms with van der Waals surface area (Å²) in [5.74, 6) is -0.313. The Morgan fingerprint density at radius 3 is 2.66 bits per heavy atom. The number of hydrogen-bond acceptors (Lipinski definition) is 4. The molecule has 2 aliphatic rings. The molecule has 0 spiro atoms. The zero-order valence-electron chi connectivity index (χ0n) is 15.7. The van der Waals surface area contributed by atoms with Gasteiger partial charge in [0.1, 0.15) is 0 Å². The fourth-order valence-electron chi connectivity index (χ4n) is 4.22. The highest BCUT2D eigenvalue weighted by molar-refractivity contribution is 9.10. The van der Waals surface area contributed by atoms with Gasteiger partial charge in [0.05, 0.1) is 11.6 Å². The Morgan fingerprint density at radius 1 is 1.17 bits per heavy atom. The van der Waals surface area contributed by atoms with E-state index in [1.165, 1.54) is 7.11 Å². The van der Waals surface area contributed by atoms with Crippen LogP contribution < -0.4 is 10.1 Å². The number of ketones is 1. The van der Waals surface area contributed by atoms with E-state index in [0.717, 1.165) is 11.1 Å². The van der Waals surface area contributed by atoms with Gasteiger partial charge in [-0.05, 0) is 57.6 Å². The molecule has 1 amide bonds. The number of carbonyl (C=O) groups is 2. The summed E-state index contributed by atoms with van der Waals surface area (Å²) >= 11 is 9.67. The lowest BCUT2D eigenvalue weighted by molar-refractivity contribution is -0.122. The number of ether oxygens (including phenoxy) is 1. The van der Waals surface area contributed by atoms with Gasteiger partial charge in [0.2, 0.25) is 5.91 Å². The van der Waals surface area contributed by atoms with Crippen molar-refractivity contribution in [3.05, 3.63) is 68.3 Å². The minimum Gasteiger partial charge on any atom is -0.503 e. The number of Topliss-reactive ketones (excluding diaryl/α,β-unsaturated/α-hetero) is 1. The van der Waals surface area contributed by atoms with Crippen molar-refractivity contribution in [2.75, 3.05) is 7.11 Å². The molecule has 0 bridgehead atoms. The predicted octanol–water partition coefficient (Wildman–Crippen LogP) is 4.82. The smallest absolute Gasteiger partial charge is 0.225 e. The minimum absolute atomic E-state index is 0.00401. The molecule has 0 fully saturated rings. The first-order valence-electron chi connectivity index (χ1n) is 9.26. The maximum Gasteiger partial charge on any atom is 0.225 e. The van der Waals surface area contributed by atoms with Gasteiger partial charge < -0.3 is 15.2 Å². The molecule has 0 saturated carbocycles. The SMILES string of the molecule is COc1cc([C@H]2CC(=O)NC3=C2C(=O)C[C@@H](c2ccccc2Cl)C3)cc(Br)c1O. The van der Waals surface area contributed by atoms with Gasteiger partial charge in [-0.1, -0.05) is 29.8 Å². The normalized spacial score (nSPS) is 21.6. The number of allylic oxidation sites excluding steroid dienone is 2. The zero-order chi connectivity index (χ0) is 20.7. The zero-order valence-corrected chi connectivity index (χ0v) is 18.0. The van der Waals surface area contributed by atoms with Crippen molar-refractivity contribution in [1.82, 2.24) is 5.32 Å². The van der Waals surface area contributed by atoms with Crippen LogP contribution in [0, 0.1) is 0 Å². The summed E-state index contributed by atoms with van der Waals surface area (Å²) in [5, 5.41) is 13.6. The van der Waals surface area contributed by atoms with Gasteiger partial charge in [0.25, 0.3) is 0 Å². The molecule has 2 aromatic rings. The molecular formula is C22H19BrClNO4. The summed E-state index contributed by atoms with van der Waals surface area (Å²) in [6.45, 7) is 0. The van der Waals surface area contributed by atoms with Gasteiger partial charge in [0.15, 0.2) is 17.3 Å². The van der Waals surface area contributed by atoms with Crippen molar-refractivity contribution in [3.8, 4) is 11.5 Å². The van der Waals surface area contributed by atoms with E-state index in [0.29, 0.717) is 39.4 Å². The van der Waals surface area contributed by atoms with E-state index in [4.69, 9.17) is 16.3 Å². The minimum atomic E-state index is -0.385. The van der Waals surface area contributed by atoms with Gasteiger partial charge in [-0.2, -0.15) is 0 Å². The van der Waals surface area contributed by atoms with Crippen molar-refractivity contribution in [3.63, 3.8) is 0 Å². The van der Waals surface area contributed by atoms with Crippen LogP contribution in [-0.2, 0) is 9.59 Å². The van der Waals surface area contributed by atoms with Crippen LogP contribution in [0.25, 0.3) is 0 Å². The number of aromatic hydroxyl groups is 1. The Morgan fingerprint density at radius 2 is 1.93 bits per heavy atom. The fourth-order valence-corrected chi connectivity index (χ4v) is 4.97. The van der Waals surface area contributed by atoms with Crippen molar-refractivity contribution in [1.29, 1.82) is 0 Å². The number of amides is 1. The lowest BCUT2D eigenvalue weighted by Gasteiger charge is -2.35. The molecule has 0 radical (unpaired) electrons. The number of methoxy groups -OCH3 is 1. The van der Waals surface area contributed by atoms with Crippen LogP contribution in [0.4, 0.5) is 0 Å². The predicted molar refractivity (Wildman–Crippen MR) is 113 cm³/mol. The van der Waals surface area contributed by atoms with Crippen LogP contribution in [0.2, 0.25) is 5.02 Å². The van der Waals surface area contributed by atoms with Gasteiger partial charge in [0, 0.05) is 35.1 Å². The number of benzene rings is 2. The molecule has 29 heavy (non-hydrogen) atoms. The summed E-state index contributed by atoms with van der Waals surface area (Å²) in [7, 11) is 1.46. The fraction of sp³-hybridized carbons (Fsp3) is 0.273. The molecule has 0 aromatic heterocycles. The highest BCUT2D eigenvalue weighted by Gasteiger charge is 2.39. The van der Waals surface area contributed by atoms with E-state index < -0.39 is 0 Å². The number of nitrogens with one attached hydrogen (secondary N) is 1. The third kappa shape index (κ3) is 3.67. The molecule has 1 heterocycles. The van der Waals surface area contributed by atoms with Crippen LogP contribution in [0.3, 0.4) is 0 Å². The molecule has 0 unspecified atom stereocenters. The van der Waals surface area contributed by atoms with E-state index >= 15 is 0 Å². The number of hydrogen-bond donors (Lipinski definition) is 2. The molecule has 2 aromatic carbocycles. The first-order valence-corrected chi connectivity index (χ1v) is 10.4. The van der Waals surface area contributed by atoms with Gasteiger partial charge in [-0.3, -0.25) is 9.59 Å². The Hall–Kier alpha value is -2.31. The van der Waals surface area contributed by atoms with Crippen molar-refractivity contribution < 1.29 is 19.4 Å². The van der Waals surface area contributed by atoms with Gasteiger partial charge >= 0.3 is 0 Å². The molecule has 7 heteroatoms. The quantitative estimate of drug-likeness (QED) is 0.666. The van der Waals surface area contributed by atoms with Crippen LogP contribution in [0.15, 0.2) is 52.1 Å². The van der Waals surface area contributed by atoms with Crippen LogP contribution in [0.5, 0.6) is 11.5 Å². The second kappa shape index (κ2) is 7.84. The first-order chi connectivity index (χ1) is 13.9. The first kappa shape index (κ1) is 20.0. The van der Waals surface area contributed by atoms with Crippen LogP contribution in [0.1, 0.15) is 42.2 Å². The summed E-state index contributed by atoms with van der Waals surface area (Å²) in [4.78, 5) is 25.6. The third-order valence-electron chi connectivity index (χ3n) is 5.55. The van der Waals surface area contributed by atoms with Gasteiger partial charge in [-0.25, -0.2) is 0 Å². The van der Waals surface area contributed by atoms with Crippen LogP contribution >= 0.6 is 27.5 Å². The highest BCUT2D eigenvalue weighted by Crippen LogP contribution is 2.46. The van der Waals surface area contributed by atoms with E-state index in [1.54, 1.807) is 12.1 Å². The Bertz CT molecular complexity index is 1050. The Labute approximate surface area is 181 Å². The largest absolute Gasteiger partial charge is 0.503 e. The van der Waals surface area contributed by atoms with Crippen molar-refractivity contribution in [2.24, 2.45) is 0 Å². The van der Waals surface area contributed by atoms with E-state index in [-0.39, 0.29) is 35.7 Å². The topological polar surface area (TPSA) is 75.6 Å². The number of halogens is 2. The van der Waals surface area contributed by atoms with Crippen molar-refractivity contribution >= 4 is 39.2 Å².